The molecule has 1 atom stereocenters. The average Bonchev–Trinajstić information content (AvgIpc) is 2.97. The van der Waals surface area contributed by atoms with Gasteiger partial charge in [-0.3, -0.25) is 0 Å². The molecule has 3 saturated heterocycles. The lowest BCUT2D eigenvalue weighted by atomic mass is 9.84. The molecule has 1 aromatic carbocycles. The van der Waals surface area contributed by atoms with Crippen molar-refractivity contribution in [1.82, 2.24) is 19.8 Å². The highest BCUT2D eigenvalue weighted by atomic mass is 16.5. The third kappa shape index (κ3) is 3.04. The minimum Gasteiger partial charge on any atom is -0.465 e. The number of nitrogens with zero attached hydrogens (tertiary/aromatic N) is 3. The topological polar surface area (TPSA) is 59.4 Å². The lowest BCUT2D eigenvalue weighted by molar-refractivity contribution is 0.0602. The van der Waals surface area contributed by atoms with E-state index >= 15 is 0 Å². The number of esters is 1. The van der Waals surface area contributed by atoms with Gasteiger partial charge in [-0.2, -0.15) is 0 Å². The average molecular weight is 342 g/mol. The fraction of sp³-hybridized carbons (Fsp3) is 0.579. The summed E-state index contributed by atoms with van der Waals surface area (Å²) in [7, 11) is 1.42. The van der Waals surface area contributed by atoms with Crippen LogP contribution < -0.4 is 5.32 Å². The number of aromatic nitrogens is 2. The Morgan fingerprint density at radius 1 is 1.36 bits per heavy atom. The van der Waals surface area contributed by atoms with Crippen molar-refractivity contribution < 1.29 is 9.53 Å². The molecular formula is C19H26N4O2. The number of nitrogens with one attached hydrogen (secondary N) is 1. The smallest absolute Gasteiger partial charge is 0.340 e. The first kappa shape index (κ1) is 16.5. The van der Waals surface area contributed by atoms with Crippen LogP contribution in [0.1, 0.15) is 29.0 Å². The van der Waals surface area contributed by atoms with Crippen molar-refractivity contribution in [3.63, 3.8) is 0 Å². The molecule has 3 fully saturated rings. The lowest BCUT2D eigenvalue weighted by Gasteiger charge is -2.45. The van der Waals surface area contributed by atoms with Crippen molar-refractivity contribution >= 4 is 17.0 Å². The fourth-order valence-corrected chi connectivity index (χ4v) is 4.41. The molecule has 0 amide bonds. The number of hydrogen-bond acceptors (Lipinski definition) is 5. The summed E-state index contributed by atoms with van der Waals surface area (Å²) in [6.07, 6.45) is 2.63. The van der Waals surface area contributed by atoms with Crippen LogP contribution in [0.3, 0.4) is 0 Å². The minimum absolute atomic E-state index is 0.308. The van der Waals surface area contributed by atoms with E-state index in [1.54, 1.807) is 0 Å². The number of piperidine rings is 3. The molecule has 0 aliphatic carbocycles. The lowest BCUT2D eigenvalue weighted by Crippen LogP contribution is -2.56. The predicted octanol–water partition coefficient (Wildman–Crippen LogP) is 1.82. The van der Waals surface area contributed by atoms with E-state index in [2.05, 4.69) is 19.8 Å². The fourth-order valence-electron chi connectivity index (χ4n) is 4.41. The molecular weight excluding hydrogens is 316 g/mol. The van der Waals surface area contributed by atoms with Gasteiger partial charge in [0.25, 0.3) is 0 Å². The zero-order valence-corrected chi connectivity index (χ0v) is 15.0. The normalized spacial score (nSPS) is 25.4. The Morgan fingerprint density at radius 2 is 2.16 bits per heavy atom. The third-order valence-electron chi connectivity index (χ3n) is 5.76. The van der Waals surface area contributed by atoms with Crippen molar-refractivity contribution in [2.24, 2.45) is 5.92 Å². The maximum atomic E-state index is 12.1. The van der Waals surface area contributed by atoms with Gasteiger partial charge in [0.1, 0.15) is 5.82 Å². The summed E-state index contributed by atoms with van der Waals surface area (Å²) in [4.78, 5) is 19.3. The number of aryl methyl sites for hydroxylation is 1. The van der Waals surface area contributed by atoms with Crippen LogP contribution >= 0.6 is 0 Å². The molecule has 3 aliphatic heterocycles. The second kappa shape index (κ2) is 6.77. The number of hydrogen-bond donors (Lipinski definition) is 1. The summed E-state index contributed by atoms with van der Waals surface area (Å²) < 4.78 is 7.08. The van der Waals surface area contributed by atoms with Crippen LogP contribution in [-0.2, 0) is 11.3 Å². The van der Waals surface area contributed by atoms with E-state index in [1.807, 2.05) is 25.1 Å². The molecule has 3 aliphatic rings. The molecule has 134 valence electrons. The Labute approximate surface area is 148 Å². The van der Waals surface area contributed by atoms with Crippen molar-refractivity contribution in [2.45, 2.75) is 32.4 Å². The number of imidazole rings is 1. The van der Waals surface area contributed by atoms with Crippen LogP contribution in [-0.4, -0.2) is 59.8 Å². The summed E-state index contributed by atoms with van der Waals surface area (Å²) in [6.45, 7) is 7.38. The number of methoxy groups -OCH3 is 1. The Balaban J connectivity index is 1.51. The van der Waals surface area contributed by atoms with Gasteiger partial charge in [-0.25, -0.2) is 9.78 Å². The molecule has 0 spiro atoms. The Hall–Kier alpha value is -1.92. The number of benzene rings is 1. The van der Waals surface area contributed by atoms with Crippen LogP contribution in [0, 0.1) is 12.8 Å². The van der Waals surface area contributed by atoms with Gasteiger partial charge in [-0.05, 0) is 50.9 Å². The molecule has 6 heteroatoms. The van der Waals surface area contributed by atoms with Gasteiger partial charge in [0.2, 0.25) is 0 Å². The molecule has 0 unspecified atom stereocenters. The maximum Gasteiger partial charge on any atom is 0.340 e. The molecule has 1 aromatic heterocycles. The Morgan fingerprint density at radius 3 is 2.84 bits per heavy atom. The largest absolute Gasteiger partial charge is 0.465 e. The van der Waals surface area contributed by atoms with E-state index in [1.165, 1.54) is 39.6 Å². The summed E-state index contributed by atoms with van der Waals surface area (Å²) >= 11 is 0. The van der Waals surface area contributed by atoms with Crippen molar-refractivity contribution in [3.8, 4) is 0 Å². The molecule has 1 N–H and O–H groups in total. The van der Waals surface area contributed by atoms with Gasteiger partial charge < -0.3 is 19.5 Å². The van der Waals surface area contributed by atoms with Crippen LogP contribution in [0.5, 0.6) is 0 Å². The minimum atomic E-state index is -0.308. The van der Waals surface area contributed by atoms with Crippen molar-refractivity contribution in [3.05, 3.63) is 29.6 Å². The predicted molar refractivity (Wildman–Crippen MR) is 96.8 cm³/mol. The van der Waals surface area contributed by atoms with Gasteiger partial charge in [-0.15, -0.1) is 0 Å². The van der Waals surface area contributed by atoms with Crippen molar-refractivity contribution in [2.75, 3.05) is 33.3 Å². The molecule has 2 aromatic rings. The van der Waals surface area contributed by atoms with E-state index in [4.69, 9.17) is 4.74 Å². The van der Waals surface area contributed by atoms with Crippen molar-refractivity contribution in [1.29, 1.82) is 0 Å². The first-order valence-electron chi connectivity index (χ1n) is 9.17. The number of fused-ring (bicyclic) bond motifs is 4. The Kier molecular flexibility index (Phi) is 4.48. The monoisotopic (exact) mass is 342 g/mol. The van der Waals surface area contributed by atoms with Gasteiger partial charge in [-0.1, -0.05) is 6.07 Å². The van der Waals surface area contributed by atoms with Gasteiger partial charge in [0.15, 0.2) is 0 Å². The summed E-state index contributed by atoms with van der Waals surface area (Å²) in [5.41, 5.74) is 2.31. The number of carbonyl (C=O) groups excluding carboxylic acids is 1. The van der Waals surface area contributed by atoms with E-state index in [0.717, 1.165) is 35.9 Å². The molecule has 0 saturated carbocycles. The first-order valence-corrected chi connectivity index (χ1v) is 9.17. The van der Waals surface area contributed by atoms with E-state index in [0.29, 0.717) is 11.6 Å². The highest BCUT2D eigenvalue weighted by Crippen LogP contribution is 2.27. The molecule has 25 heavy (non-hydrogen) atoms. The molecule has 6 nitrogen and oxygen atoms in total. The molecule has 5 rings (SSSR count). The summed E-state index contributed by atoms with van der Waals surface area (Å²) in [5, 5.41) is 3.74. The molecule has 4 heterocycles. The zero-order chi connectivity index (χ0) is 17.4. The second-order valence-corrected chi connectivity index (χ2v) is 7.17. The first-order chi connectivity index (χ1) is 12.2. The van der Waals surface area contributed by atoms with Crippen LogP contribution in [0.4, 0.5) is 0 Å². The number of para-hydroxylation sites is 1. The highest BCUT2D eigenvalue weighted by Gasteiger charge is 2.33. The van der Waals surface area contributed by atoms with E-state index in [9.17, 15) is 4.79 Å². The second-order valence-electron chi connectivity index (χ2n) is 7.17. The van der Waals surface area contributed by atoms with Crippen LogP contribution in [0.25, 0.3) is 11.0 Å². The van der Waals surface area contributed by atoms with Gasteiger partial charge >= 0.3 is 5.97 Å². The molecule has 0 radical (unpaired) electrons. The number of ether oxygens (including phenoxy) is 1. The quantitative estimate of drug-likeness (QED) is 0.840. The van der Waals surface area contributed by atoms with Gasteiger partial charge in [0.05, 0.1) is 23.7 Å². The number of carbonyl (C=O) groups is 1. The van der Waals surface area contributed by atoms with Crippen LogP contribution in [0.15, 0.2) is 18.2 Å². The summed E-state index contributed by atoms with van der Waals surface area (Å²) in [6, 6.07) is 6.22. The van der Waals surface area contributed by atoms with E-state index < -0.39 is 0 Å². The van der Waals surface area contributed by atoms with Crippen LogP contribution in [0.2, 0.25) is 0 Å². The summed E-state index contributed by atoms with van der Waals surface area (Å²) in [5.74, 6) is 1.44. The third-order valence-corrected chi connectivity index (χ3v) is 5.76. The molecule has 2 bridgehead atoms. The van der Waals surface area contributed by atoms with Gasteiger partial charge in [0, 0.05) is 25.7 Å². The highest BCUT2D eigenvalue weighted by molar-refractivity contribution is 6.02. The SMILES string of the molecule is COC(=O)c1cccc2nc(C)n(CCN[C@@H]3CN4CCC3CC4)c12. The standard InChI is InChI=1S/C19H26N4O2/c1-13-21-16-5-3-4-15(19(24)25-2)18(16)23(13)11-8-20-17-12-22-9-6-14(17)7-10-22/h3-5,14,17,20H,6-12H2,1-2H3/t17-/m1/s1. The Bertz CT molecular complexity index is 777. The number of rotatable bonds is 5. The van der Waals surface area contributed by atoms with E-state index in [-0.39, 0.29) is 5.97 Å². The maximum absolute atomic E-state index is 12.1. The zero-order valence-electron chi connectivity index (χ0n) is 15.0.